The Bertz CT molecular complexity index is 448. The summed E-state index contributed by atoms with van der Waals surface area (Å²) in [4.78, 5) is 14.3. The minimum atomic E-state index is -0.734. The molecule has 0 aromatic carbocycles. The Morgan fingerprint density at radius 1 is 1.65 bits per heavy atom. The molecule has 1 aliphatic rings. The quantitative estimate of drug-likeness (QED) is 0.656. The van der Waals surface area contributed by atoms with Gasteiger partial charge in [-0.15, -0.1) is 0 Å². The number of aromatic nitrogens is 1. The van der Waals surface area contributed by atoms with Crippen molar-refractivity contribution in [3.05, 3.63) is 26.9 Å². The van der Waals surface area contributed by atoms with E-state index < -0.39 is 10.5 Å². The number of halogens is 1. The van der Waals surface area contributed by atoms with Crippen LogP contribution in [0.1, 0.15) is 19.3 Å². The molecule has 92 valence electrons. The maximum atomic E-state index is 10.8. The molecule has 17 heavy (non-hydrogen) atoms. The molecule has 1 aliphatic carbocycles. The molecule has 1 fully saturated rings. The summed E-state index contributed by atoms with van der Waals surface area (Å²) < 4.78 is 0.553. The Hall–Kier alpha value is -1.21. The van der Waals surface area contributed by atoms with Gasteiger partial charge >= 0.3 is 5.69 Å². The van der Waals surface area contributed by atoms with Crippen LogP contribution in [-0.2, 0) is 0 Å². The van der Waals surface area contributed by atoms with E-state index in [2.05, 4.69) is 26.2 Å². The Labute approximate surface area is 106 Å². The average Bonchev–Trinajstić information content (AvgIpc) is 2.24. The summed E-state index contributed by atoms with van der Waals surface area (Å²) in [5.74, 6) is 0.193. The first-order valence-corrected chi connectivity index (χ1v) is 6.06. The van der Waals surface area contributed by atoms with Crippen LogP contribution in [0.4, 0.5) is 11.5 Å². The molecule has 0 aliphatic heterocycles. The highest BCUT2D eigenvalue weighted by Gasteiger charge is 2.34. The van der Waals surface area contributed by atoms with E-state index in [9.17, 15) is 15.2 Å². The first-order chi connectivity index (χ1) is 8.00. The third-order valence-corrected chi connectivity index (χ3v) is 3.33. The zero-order valence-corrected chi connectivity index (χ0v) is 10.6. The maximum absolute atomic E-state index is 10.8. The van der Waals surface area contributed by atoms with Crippen LogP contribution in [0.25, 0.3) is 0 Å². The van der Waals surface area contributed by atoms with Gasteiger partial charge in [0.2, 0.25) is 5.82 Å². The first kappa shape index (κ1) is 12.3. The molecule has 0 saturated heterocycles. The van der Waals surface area contributed by atoms with E-state index in [1.54, 1.807) is 0 Å². The molecule has 0 unspecified atom stereocenters. The molecule has 1 aromatic heterocycles. The molecule has 1 aromatic rings. The summed E-state index contributed by atoms with van der Waals surface area (Å²) >= 11 is 3.14. The van der Waals surface area contributed by atoms with Crippen molar-refractivity contribution >= 4 is 27.4 Å². The lowest BCUT2D eigenvalue weighted by atomic mass is 9.80. The summed E-state index contributed by atoms with van der Waals surface area (Å²) in [6.07, 6.45) is 3.93. The SMILES string of the molecule is O=[N+]([O-])c1cc(Br)cnc1NCC1(O)CCC1. The van der Waals surface area contributed by atoms with Gasteiger partial charge in [0.15, 0.2) is 0 Å². The van der Waals surface area contributed by atoms with E-state index in [-0.39, 0.29) is 11.5 Å². The first-order valence-electron chi connectivity index (χ1n) is 5.26. The predicted molar refractivity (Wildman–Crippen MR) is 65.9 cm³/mol. The number of anilines is 1. The van der Waals surface area contributed by atoms with E-state index in [0.717, 1.165) is 19.3 Å². The van der Waals surface area contributed by atoms with Gasteiger partial charge in [0.05, 0.1) is 10.5 Å². The highest BCUT2D eigenvalue weighted by Crippen LogP contribution is 2.32. The van der Waals surface area contributed by atoms with Gasteiger partial charge in [-0.1, -0.05) is 0 Å². The lowest BCUT2D eigenvalue weighted by Crippen LogP contribution is -2.43. The standard InChI is InChI=1S/C10H12BrN3O3/c11-7-4-8(14(16)17)9(12-5-7)13-6-10(15)2-1-3-10/h4-5,15H,1-3,6H2,(H,12,13). The van der Waals surface area contributed by atoms with Crippen LogP contribution in [0.3, 0.4) is 0 Å². The fourth-order valence-electron chi connectivity index (χ4n) is 1.71. The third kappa shape index (κ3) is 2.73. The van der Waals surface area contributed by atoms with Crippen molar-refractivity contribution in [3.63, 3.8) is 0 Å². The molecule has 0 spiro atoms. The van der Waals surface area contributed by atoms with Gasteiger partial charge in [-0.05, 0) is 35.2 Å². The fourth-order valence-corrected chi connectivity index (χ4v) is 2.03. The molecule has 0 amide bonds. The Morgan fingerprint density at radius 3 is 2.88 bits per heavy atom. The minimum absolute atomic E-state index is 0.0951. The molecule has 2 N–H and O–H groups in total. The second-order valence-electron chi connectivity index (χ2n) is 4.21. The zero-order chi connectivity index (χ0) is 12.5. The van der Waals surface area contributed by atoms with Crippen LogP contribution < -0.4 is 5.32 Å². The van der Waals surface area contributed by atoms with Crippen molar-refractivity contribution in [2.24, 2.45) is 0 Å². The van der Waals surface area contributed by atoms with Gasteiger partial charge in [0.1, 0.15) is 0 Å². The van der Waals surface area contributed by atoms with Crippen LogP contribution in [-0.4, -0.2) is 27.2 Å². The lowest BCUT2D eigenvalue weighted by Gasteiger charge is -2.36. The topological polar surface area (TPSA) is 88.3 Å². The monoisotopic (exact) mass is 301 g/mol. The van der Waals surface area contributed by atoms with Crippen molar-refractivity contribution < 1.29 is 10.0 Å². The number of pyridine rings is 1. The second kappa shape index (κ2) is 4.58. The average molecular weight is 302 g/mol. The van der Waals surface area contributed by atoms with Crippen molar-refractivity contribution in [1.82, 2.24) is 4.98 Å². The van der Waals surface area contributed by atoms with Crippen molar-refractivity contribution in [1.29, 1.82) is 0 Å². The summed E-state index contributed by atoms with van der Waals surface area (Å²) in [7, 11) is 0. The molecule has 1 heterocycles. The number of nitrogens with one attached hydrogen (secondary N) is 1. The van der Waals surface area contributed by atoms with Crippen LogP contribution in [0, 0.1) is 10.1 Å². The van der Waals surface area contributed by atoms with E-state index in [4.69, 9.17) is 0 Å². The molecular formula is C10H12BrN3O3. The highest BCUT2D eigenvalue weighted by atomic mass is 79.9. The fraction of sp³-hybridized carbons (Fsp3) is 0.500. The molecule has 7 heteroatoms. The molecule has 0 bridgehead atoms. The van der Waals surface area contributed by atoms with Crippen molar-refractivity contribution in [2.75, 3.05) is 11.9 Å². The summed E-state index contributed by atoms with van der Waals surface area (Å²) in [6.45, 7) is 0.294. The maximum Gasteiger partial charge on any atom is 0.312 e. The number of nitrogens with zero attached hydrogens (tertiary/aromatic N) is 2. The Kier molecular flexibility index (Phi) is 3.30. The van der Waals surface area contributed by atoms with Crippen LogP contribution >= 0.6 is 15.9 Å². The second-order valence-corrected chi connectivity index (χ2v) is 5.13. The number of hydrogen-bond donors (Lipinski definition) is 2. The van der Waals surface area contributed by atoms with Crippen LogP contribution in [0.5, 0.6) is 0 Å². The molecule has 1 saturated carbocycles. The minimum Gasteiger partial charge on any atom is -0.388 e. The van der Waals surface area contributed by atoms with Crippen LogP contribution in [0.15, 0.2) is 16.7 Å². The van der Waals surface area contributed by atoms with Gasteiger partial charge in [-0.25, -0.2) is 4.98 Å². The zero-order valence-electron chi connectivity index (χ0n) is 9.02. The van der Waals surface area contributed by atoms with Gasteiger partial charge in [-0.3, -0.25) is 10.1 Å². The number of hydrogen-bond acceptors (Lipinski definition) is 5. The highest BCUT2D eigenvalue weighted by molar-refractivity contribution is 9.10. The molecular weight excluding hydrogens is 290 g/mol. The Balaban J connectivity index is 2.12. The van der Waals surface area contributed by atoms with E-state index >= 15 is 0 Å². The summed E-state index contributed by atoms with van der Waals surface area (Å²) in [5, 5.41) is 23.6. The molecule has 2 rings (SSSR count). The van der Waals surface area contributed by atoms with Gasteiger partial charge in [0, 0.05) is 23.3 Å². The summed E-state index contributed by atoms with van der Waals surface area (Å²) in [5.41, 5.74) is -0.829. The van der Waals surface area contributed by atoms with Gasteiger partial charge in [-0.2, -0.15) is 0 Å². The Morgan fingerprint density at radius 2 is 2.35 bits per heavy atom. The normalized spacial score (nSPS) is 17.3. The number of rotatable bonds is 4. The van der Waals surface area contributed by atoms with E-state index in [0.29, 0.717) is 11.0 Å². The third-order valence-electron chi connectivity index (χ3n) is 2.90. The predicted octanol–water partition coefficient (Wildman–Crippen LogP) is 2.08. The van der Waals surface area contributed by atoms with Crippen molar-refractivity contribution in [2.45, 2.75) is 24.9 Å². The number of aliphatic hydroxyl groups is 1. The van der Waals surface area contributed by atoms with E-state index in [1.807, 2.05) is 0 Å². The smallest absolute Gasteiger partial charge is 0.312 e. The number of nitro groups is 1. The van der Waals surface area contributed by atoms with Crippen molar-refractivity contribution in [3.8, 4) is 0 Å². The van der Waals surface area contributed by atoms with Gasteiger partial charge < -0.3 is 10.4 Å². The lowest BCUT2D eigenvalue weighted by molar-refractivity contribution is -0.384. The van der Waals surface area contributed by atoms with Crippen LogP contribution in [0.2, 0.25) is 0 Å². The molecule has 6 nitrogen and oxygen atoms in total. The molecule has 0 atom stereocenters. The largest absolute Gasteiger partial charge is 0.388 e. The summed E-state index contributed by atoms with van der Waals surface area (Å²) in [6, 6.07) is 1.39. The van der Waals surface area contributed by atoms with Gasteiger partial charge in [0.25, 0.3) is 0 Å². The van der Waals surface area contributed by atoms with E-state index in [1.165, 1.54) is 12.3 Å². The molecule has 0 radical (unpaired) electrons.